The zero-order chi connectivity index (χ0) is 18.5. The number of aromatic nitrogens is 2. The molecule has 2 aromatic rings. The Bertz CT molecular complexity index is 950. The van der Waals surface area contributed by atoms with Crippen LogP contribution in [0.4, 0.5) is 5.82 Å². The molecule has 0 spiro atoms. The normalized spacial score (nSPS) is 25.0. The Morgan fingerprint density at radius 2 is 2.12 bits per heavy atom. The number of fused-ring (bicyclic) bond motifs is 2. The van der Waals surface area contributed by atoms with Crippen LogP contribution >= 0.6 is 11.6 Å². The van der Waals surface area contributed by atoms with Gasteiger partial charge in [0.25, 0.3) is 0 Å². The van der Waals surface area contributed by atoms with E-state index in [2.05, 4.69) is 19.6 Å². The topological polar surface area (TPSA) is 75.2 Å². The Hall–Kier alpha value is -1.70. The third-order valence-electron chi connectivity index (χ3n) is 5.27. The Labute approximate surface area is 158 Å². The van der Waals surface area contributed by atoms with Crippen LogP contribution in [0.3, 0.4) is 0 Å². The van der Waals surface area contributed by atoms with E-state index >= 15 is 0 Å². The van der Waals surface area contributed by atoms with Crippen LogP contribution in [0.5, 0.6) is 0 Å². The summed E-state index contributed by atoms with van der Waals surface area (Å²) in [5, 5.41) is 0.563. The van der Waals surface area contributed by atoms with Crippen molar-refractivity contribution in [3.63, 3.8) is 0 Å². The van der Waals surface area contributed by atoms with Gasteiger partial charge in [-0.05, 0) is 43.9 Å². The molecule has 4 heterocycles. The van der Waals surface area contributed by atoms with Crippen LogP contribution in [0.2, 0.25) is 5.02 Å². The molecule has 2 bridgehead atoms. The summed E-state index contributed by atoms with van der Waals surface area (Å²) < 4.78 is 26.1. The SMILES string of the molecule is Cc1cccnc1-c1cc(N2[C@@H]3CC[C@H]2[C@@H](NS(C)(=O)=O)C3)ncc1Cl. The second kappa shape index (κ2) is 6.48. The monoisotopic (exact) mass is 392 g/mol. The molecule has 2 aliphatic heterocycles. The highest BCUT2D eigenvalue weighted by molar-refractivity contribution is 7.88. The number of hydrogen-bond donors (Lipinski definition) is 1. The lowest BCUT2D eigenvalue weighted by Crippen LogP contribution is -2.43. The van der Waals surface area contributed by atoms with E-state index in [4.69, 9.17) is 11.6 Å². The molecule has 3 atom stereocenters. The summed E-state index contributed by atoms with van der Waals surface area (Å²) in [7, 11) is -3.23. The summed E-state index contributed by atoms with van der Waals surface area (Å²) >= 11 is 6.40. The number of halogens is 1. The van der Waals surface area contributed by atoms with E-state index in [1.54, 1.807) is 12.4 Å². The first-order chi connectivity index (χ1) is 12.3. The molecule has 8 heteroatoms. The molecule has 6 nitrogen and oxygen atoms in total. The fourth-order valence-electron chi connectivity index (χ4n) is 4.27. The number of hydrogen-bond acceptors (Lipinski definition) is 5. The average molecular weight is 393 g/mol. The average Bonchev–Trinajstić information content (AvgIpc) is 3.12. The number of nitrogens with one attached hydrogen (secondary N) is 1. The van der Waals surface area contributed by atoms with Gasteiger partial charge in [0.15, 0.2) is 0 Å². The summed E-state index contributed by atoms with van der Waals surface area (Å²) in [6, 6.07) is 6.24. The van der Waals surface area contributed by atoms with E-state index in [1.165, 1.54) is 6.26 Å². The lowest BCUT2D eigenvalue weighted by Gasteiger charge is -2.26. The molecule has 2 saturated heterocycles. The van der Waals surface area contributed by atoms with Gasteiger partial charge in [-0.3, -0.25) is 4.98 Å². The lowest BCUT2D eigenvalue weighted by atomic mass is 9.96. The van der Waals surface area contributed by atoms with Gasteiger partial charge in [0.05, 0.1) is 17.0 Å². The zero-order valence-electron chi connectivity index (χ0n) is 14.7. The Balaban J connectivity index is 1.69. The van der Waals surface area contributed by atoms with E-state index in [9.17, 15) is 8.42 Å². The summed E-state index contributed by atoms with van der Waals surface area (Å²) in [5.41, 5.74) is 2.75. The van der Waals surface area contributed by atoms with Crippen molar-refractivity contribution in [2.24, 2.45) is 0 Å². The standard InChI is InChI=1S/C18H21ClN4O2S/c1-11-4-3-7-20-18(11)13-9-17(21-10-14(13)19)23-12-5-6-16(23)15(8-12)22-26(2,24)25/h3-4,7,9-10,12,15-16,22H,5-6,8H2,1-2H3/t12-,15+,16+/m1/s1. The van der Waals surface area contributed by atoms with Crippen LogP contribution < -0.4 is 9.62 Å². The first kappa shape index (κ1) is 17.7. The number of aryl methyl sites for hydroxylation is 1. The van der Waals surface area contributed by atoms with E-state index in [1.807, 2.05) is 25.1 Å². The molecule has 26 heavy (non-hydrogen) atoms. The largest absolute Gasteiger partial charge is 0.349 e. The molecule has 4 rings (SSSR count). The van der Waals surface area contributed by atoms with Gasteiger partial charge in [0, 0.05) is 36.1 Å². The quantitative estimate of drug-likeness (QED) is 0.865. The van der Waals surface area contributed by atoms with Gasteiger partial charge in [-0.1, -0.05) is 17.7 Å². The number of rotatable bonds is 4. The van der Waals surface area contributed by atoms with Crippen molar-refractivity contribution in [1.82, 2.24) is 14.7 Å². The second-order valence-corrected chi connectivity index (χ2v) is 9.32. The molecule has 0 radical (unpaired) electrons. The first-order valence-corrected chi connectivity index (χ1v) is 10.9. The number of anilines is 1. The van der Waals surface area contributed by atoms with Gasteiger partial charge in [0.2, 0.25) is 10.0 Å². The Morgan fingerprint density at radius 1 is 1.31 bits per heavy atom. The van der Waals surface area contributed by atoms with Crippen molar-refractivity contribution < 1.29 is 8.42 Å². The van der Waals surface area contributed by atoms with Gasteiger partial charge >= 0.3 is 0 Å². The van der Waals surface area contributed by atoms with Crippen LogP contribution in [-0.2, 0) is 10.0 Å². The highest BCUT2D eigenvalue weighted by Crippen LogP contribution is 2.42. The van der Waals surface area contributed by atoms with E-state index < -0.39 is 10.0 Å². The van der Waals surface area contributed by atoms with Gasteiger partial charge < -0.3 is 4.90 Å². The van der Waals surface area contributed by atoms with Crippen LogP contribution in [0.25, 0.3) is 11.3 Å². The predicted molar refractivity (Wildman–Crippen MR) is 103 cm³/mol. The second-order valence-electron chi connectivity index (χ2n) is 7.13. The summed E-state index contributed by atoms with van der Waals surface area (Å²) in [6.45, 7) is 2.00. The van der Waals surface area contributed by atoms with E-state index in [-0.39, 0.29) is 12.1 Å². The molecule has 2 aliphatic rings. The Kier molecular flexibility index (Phi) is 4.41. The maximum absolute atomic E-state index is 11.7. The lowest BCUT2D eigenvalue weighted by molar-refractivity contribution is 0.464. The molecular formula is C18H21ClN4O2S. The molecule has 1 N–H and O–H groups in total. The molecule has 0 saturated carbocycles. The zero-order valence-corrected chi connectivity index (χ0v) is 16.3. The highest BCUT2D eigenvalue weighted by atomic mass is 35.5. The summed E-state index contributed by atoms with van der Waals surface area (Å²) in [6.07, 6.45) is 7.45. The van der Waals surface area contributed by atoms with Crippen LogP contribution in [-0.4, -0.2) is 42.8 Å². The highest BCUT2D eigenvalue weighted by Gasteiger charge is 2.47. The van der Waals surface area contributed by atoms with Crippen molar-refractivity contribution in [3.8, 4) is 11.3 Å². The first-order valence-electron chi connectivity index (χ1n) is 8.66. The van der Waals surface area contributed by atoms with Gasteiger partial charge in [0.1, 0.15) is 5.82 Å². The maximum atomic E-state index is 11.7. The predicted octanol–water partition coefficient (Wildman–Crippen LogP) is 2.76. The van der Waals surface area contributed by atoms with Crippen molar-refractivity contribution in [1.29, 1.82) is 0 Å². The van der Waals surface area contributed by atoms with Crippen molar-refractivity contribution >= 4 is 27.4 Å². The van der Waals surface area contributed by atoms with Crippen LogP contribution in [0, 0.1) is 6.92 Å². The van der Waals surface area contributed by atoms with Crippen LogP contribution in [0.15, 0.2) is 30.6 Å². The molecule has 0 unspecified atom stereocenters. The molecular weight excluding hydrogens is 372 g/mol. The van der Waals surface area contributed by atoms with Crippen molar-refractivity contribution in [2.75, 3.05) is 11.2 Å². The third kappa shape index (κ3) is 3.19. The number of sulfonamides is 1. The van der Waals surface area contributed by atoms with E-state index in [0.29, 0.717) is 11.1 Å². The molecule has 0 aromatic carbocycles. The minimum absolute atomic E-state index is 0.0683. The minimum atomic E-state index is -3.23. The number of nitrogens with zero attached hydrogens (tertiary/aromatic N) is 3. The molecule has 0 amide bonds. The Morgan fingerprint density at radius 3 is 2.85 bits per heavy atom. The fourth-order valence-corrected chi connectivity index (χ4v) is 5.26. The smallest absolute Gasteiger partial charge is 0.209 e. The van der Waals surface area contributed by atoms with E-state index in [0.717, 1.165) is 41.9 Å². The maximum Gasteiger partial charge on any atom is 0.209 e. The van der Waals surface area contributed by atoms with Gasteiger partial charge in [-0.25, -0.2) is 18.1 Å². The molecule has 0 aliphatic carbocycles. The van der Waals surface area contributed by atoms with Gasteiger partial charge in [-0.15, -0.1) is 0 Å². The third-order valence-corrected chi connectivity index (χ3v) is 6.30. The number of pyridine rings is 2. The van der Waals surface area contributed by atoms with Crippen molar-refractivity contribution in [2.45, 2.75) is 44.3 Å². The summed E-state index contributed by atoms with van der Waals surface area (Å²) in [4.78, 5) is 11.3. The van der Waals surface area contributed by atoms with Crippen molar-refractivity contribution in [3.05, 3.63) is 41.2 Å². The fraction of sp³-hybridized carbons (Fsp3) is 0.444. The molecule has 138 valence electrons. The minimum Gasteiger partial charge on any atom is -0.349 e. The van der Waals surface area contributed by atoms with Gasteiger partial charge in [-0.2, -0.15) is 0 Å². The molecule has 2 aromatic heterocycles. The molecule has 2 fully saturated rings. The summed E-state index contributed by atoms with van der Waals surface area (Å²) in [5.74, 6) is 0.833. The van der Waals surface area contributed by atoms with Crippen LogP contribution in [0.1, 0.15) is 24.8 Å².